The van der Waals surface area contributed by atoms with Gasteiger partial charge in [-0.3, -0.25) is 0 Å². The van der Waals surface area contributed by atoms with Gasteiger partial charge in [-0.2, -0.15) is 0 Å². The van der Waals surface area contributed by atoms with Crippen molar-refractivity contribution in [2.75, 3.05) is 11.9 Å². The molecular weight excluding hydrogens is 392 g/mol. The van der Waals surface area contributed by atoms with Gasteiger partial charge < -0.3 is 15.4 Å². The average Bonchev–Trinajstić information content (AvgIpc) is 2.73. The largest absolute Gasteiger partial charge is 0.462 e. The van der Waals surface area contributed by atoms with Crippen molar-refractivity contribution in [3.8, 4) is 0 Å². The van der Waals surface area contributed by atoms with Crippen molar-refractivity contribution < 1.29 is 9.53 Å². The normalized spacial score (nSPS) is 11.4. The molecule has 0 aliphatic rings. The highest BCUT2D eigenvalue weighted by atomic mass is 32.1. The minimum Gasteiger partial charge on any atom is -0.462 e. The van der Waals surface area contributed by atoms with Crippen molar-refractivity contribution in [3.05, 3.63) is 101 Å². The topological polar surface area (TPSA) is 50.4 Å². The van der Waals surface area contributed by atoms with Crippen molar-refractivity contribution >= 4 is 29.0 Å². The Morgan fingerprint density at radius 3 is 2.47 bits per heavy atom. The van der Waals surface area contributed by atoms with E-state index in [1.807, 2.05) is 24.3 Å². The number of benzene rings is 3. The second kappa shape index (κ2) is 10.0. The van der Waals surface area contributed by atoms with Crippen LogP contribution < -0.4 is 10.6 Å². The molecule has 0 heterocycles. The SMILES string of the molecule is CCOC(=O)c1cccc(NC(=S)N[C@H](c2ccccc2)c2ccc(C)cc2C)c1. The van der Waals surface area contributed by atoms with Crippen molar-refractivity contribution in [1.82, 2.24) is 5.32 Å². The first-order valence-electron chi connectivity index (χ1n) is 9.94. The quantitative estimate of drug-likeness (QED) is 0.406. The first-order chi connectivity index (χ1) is 14.5. The predicted molar refractivity (Wildman–Crippen MR) is 126 cm³/mol. The number of hydrogen-bond donors (Lipinski definition) is 2. The lowest BCUT2D eigenvalue weighted by Crippen LogP contribution is -2.33. The van der Waals surface area contributed by atoms with E-state index in [4.69, 9.17) is 17.0 Å². The highest BCUT2D eigenvalue weighted by Gasteiger charge is 2.17. The first-order valence-corrected chi connectivity index (χ1v) is 10.4. The van der Waals surface area contributed by atoms with Gasteiger partial charge in [0, 0.05) is 5.69 Å². The summed E-state index contributed by atoms with van der Waals surface area (Å²) in [5, 5.41) is 7.11. The summed E-state index contributed by atoms with van der Waals surface area (Å²) in [5.74, 6) is -0.350. The monoisotopic (exact) mass is 418 g/mol. The fraction of sp³-hybridized carbons (Fsp3) is 0.200. The molecule has 0 amide bonds. The number of thiocarbonyl (C=S) groups is 1. The summed E-state index contributed by atoms with van der Waals surface area (Å²) >= 11 is 5.60. The van der Waals surface area contributed by atoms with Crippen LogP contribution in [0.1, 0.15) is 45.6 Å². The average molecular weight is 419 g/mol. The molecule has 4 nitrogen and oxygen atoms in total. The summed E-state index contributed by atoms with van der Waals surface area (Å²) in [5.41, 5.74) is 5.91. The molecule has 0 saturated carbocycles. The van der Waals surface area contributed by atoms with Gasteiger partial charge in [0.05, 0.1) is 18.2 Å². The number of carbonyl (C=O) groups is 1. The number of ether oxygens (including phenoxy) is 1. The van der Waals surface area contributed by atoms with Gasteiger partial charge in [0.1, 0.15) is 0 Å². The van der Waals surface area contributed by atoms with Crippen LogP contribution in [0, 0.1) is 13.8 Å². The molecule has 3 aromatic rings. The fourth-order valence-corrected chi connectivity index (χ4v) is 3.61. The van der Waals surface area contributed by atoms with Crippen LogP contribution in [0.15, 0.2) is 72.8 Å². The van der Waals surface area contributed by atoms with Gasteiger partial charge in [-0.15, -0.1) is 0 Å². The van der Waals surface area contributed by atoms with Crippen LogP contribution in [0.3, 0.4) is 0 Å². The highest BCUT2D eigenvalue weighted by Crippen LogP contribution is 2.26. The van der Waals surface area contributed by atoms with E-state index in [1.54, 1.807) is 25.1 Å². The van der Waals surface area contributed by atoms with Gasteiger partial charge in [-0.25, -0.2) is 4.79 Å². The molecule has 0 radical (unpaired) electrons. The Morgan fingerprint density at radius 2 is 1.77 bits per heavy atom. The zero-order chi connectivity index (χ0) is 21.5. The van der Waals surface area contributed by atoms with Crippen LogP contribution in [-0.4, -0.2) is 17.7 Å². The first kappa shape index (κ1) is 21.5. The van der Waals surface area contributed by atoms with Crippen molar-refractivity contribution in [1.29, 1.82) is 0 Å². The zero-order valence-corrected chi connectivity index (χ0v) is 18.3. The van der Waals surface area contributed by atoms with Crippen molar-refractivity contribution in [3.63, 3.8) is 0 Å². The number of aryl methyl sites for hydroxylation is 2. The number of esters is 1. The van der Waals surface area contributed by atoms with E-state index in [1.165, 1.54) is 11.1 Å². The van der Waals surface area contributed by atoms with Crippen LogP contribution in [-0.2, 0) is 4.74 Å². The van der Waals surface area contributed by atoms with Gasteiger partial charge in [-0.1, -0.05) is 60.2 Å². The summed E-state index contributed by atoms with van der Waals surface area (Å²) in [4.78, 5) is 12.0. The van der Waals surface area contributed by atoms with E-state index in [0.29, 0.717) is 17.3 Å². The molecule has 0 aliphatic carbocycles. The number of rotatable bonds is 6. The molecule has 5 heteroatoms. The van der Waals surface area contributed by atoms with Crippen molar-refractivity contribution in [2.24, 2.45) is 0 Å². The zero-order valence-electron chi connectivity index (χ0n) is 17.4. The fourth-order valence-electron chi connectivity index (χ4n) is 3.37. The number of nitrogens with one attached hydrogen (secondary N) is 2. The third-order valence-corrected chi connectivity index (χ3v) is 5.00. The third-order valence-electron chi connectivity index (χ3n) is 4.78. The summed E-state index contributed by atoms with van der Waals surface area (Å²) < 4.78 is 5.08. The maximum Gasteiger partial charge on any atom is 0.338 e. The Bertz CT molecular complexity index is 1030. The van der Waals surface area contributed by atoms with E-state index in [2.05, 4.69) is 54.8 Å². The van der Waals surface area contributed by atoms with E-state index in [0.717, 1.165) is 16.8 Å². The number of hydrogen-bond acceptors (Lipinski definition) is 3. The Balaban J connectivity index is 1.82. The predicted octanol–water partition coefficient (Wildman–Crippen LogP) is 5.56. The lowest BCUT2D eigenvalue weighted by Gasteiger charge is -2.24. The van der Waals surface area contributed by atoms with Crippen LogP contribution in [0.2, 0.25) is 0 Å². The molecule has 3 aromatic carbocycles. The van der Waals surface area contributed by atoms with E-state index < -0.39 is 0 Å². The van der Waals surface area contributed by atoms with Crippen LogP contribution >= 0.6 is 12.2 Å². The standard InChI is InChI=1S/C25H26N2O2S/c1-4-29-24(28)20-11-8-12-21(16-20)26-25(30)27-23(19-9-6-5-7-10-19)22-14-13-17(2)15-18(22)3/h5-16,23H,4H2,1-3H3,(H2,26,27,30)/t23-/m1/s1. The lowest BCUT2D eigenvalue weighted by atomic mass is 9.94. The minimum absolute atomic E-state index is 0.0972. The Kier molecular flexibility index (Phi) is 7.20. The second-order valence-corrected chi connectivity index (χ2v) is 7.51. The lowest BCUT2D eigenvalue weighted by molar-refractivity contribution is 0.0526. The van der Waals surface area contributed by atoms with Gasteiger partial charge in [0.15, 0.2) is 5.11 Å². The summed E-state index contributed by atoms with van der Waals surface area (Å²) in [6, 6.07) is 23.7. The Morgan fingerprint density at radius 1 is 1.00 bits per heavy atom. The summed E-state index contributed by atoms with van der Waals surface area (Å²) in [7, 11) is 0. The molecular formula is C25H26N2O2S. The molecule has 0 aliphatic heterocycles. The third kappa shape index (κ3) is 5.45. The molecule has 30 heavy (non-hydrogen) atoms. The molecule has 2 N–H and O–H groups in total. The molecule has 0 fully saturated rings. The minimum atomic E-state index is -0.350. The maximum atomic E-state index is 12.0. The molecule has 0 aromatic heterocycles. The van der Waals surface area contributed by atoms with Gasteiger partial charge in [0.25, 0.3) is 0 Å². The Hall–Kier alpha value is -3.18. The van der Waals surface area contributed by atoms with E-state index in [9.17, 15) is 4.79 Å². The Labute approximate surface area is 183 Å². The van der Waals surface area contributed by atoms with E-state index >= 15 is 0 Å². The molecule has 154 valence electrons. The van der Waals surface area contributed by atoms with Gasteiger partial charge in [-0.05, 0) is 67.9 Å². The molecule has 0 saturated heterocycles. The summed E-state index contributed by atoms with van der Waals surface area (Å²) in [6.07, 6.45) is 0. The van der Waals surface area contributed by atoms with Crippen LogP contribution in [0.5, 0.6) is 0 Å². The molecule has 0 unspecified atom stereocenters. The number of anilines is 1. The molecule has 1 atom stereocenters. The smallest absolute Gasteiger partial charge is 0.338 e. The molecule has 3 rings (SSSR count). The summed E-state index contributed by atoms with van der Waals surface area (Å²) in [6.45, 7) is 6.32. The molecule has 0 bridgehead atoms. The van der Waals surface area contributed by atoms with Crippen LogP contribution in [0.25, 0.3) is 0 Å². The van der Waals surface area contributed by atoms with Gasteiger partial charge >= 0.3 is 5.97 Å². The van der Waals surface area contributed by atoms with E-state index in [-0.39, 0.29) is 12.0 Å². The second-order valence-electron chi connectivity index (χ2n) is 7.10. The van der Waals surface area contributed by atoms with Crippen molar-refractivity contribution in [2.45, 2.75) is 26.8 Å². The highest BCUT2D eigenvalue weighted by molar-refractivity contribution is 7.80. The number of carbonyl (C=O) groups excluding carboxylic acids is 1. The molecule has 0 spiro atoms. The van der Waals surface area contributed by atoms with Gasteiger partial charge in [0.2, 0.25) is 0 Å². The van der Waals surface area contributed by atoms with Crippen LogP contribution in [0.4, 0.5) is 5.69 Å². The maximum absolute atomic E-state index is 12.0.